The third-order valence-electron chi connectivity index (χ3n) is 3.27. The van der Waals surface area contributed by atoms with Crippen LogP contribution in [0.1, 0.15) is 25.3 Å². The van der Waals surface area contributed by atoms with Crippen molar-refractivity contribution in [2.24, 2.45) is 5.92 Å². The van der Waals surface area contributed by atoms with Gasteiger partial charge in [-0.15, -0.1) is 11.6 Å². The maximum atomic E-state index is 6.45. The normalized spacial score (nSPS) is 33.8. The highest BCUT2D eigenvalue weighted by molar-refractivity contribution is 6.27. The highest BCUT2D eigenvalue weighted by atomic mass is 35.5. The van der Waals surface area contributed by atoms with E-state index in [1.807, 2.05) is 19.1 Å². The molecule has 2 N–H and O–H groups in total. The second-order valence-corrected chi connectivity index (χ2v) is 5.43. The van der Waals surface area contributed by atoms with E-state index in [9.17, 15) is 0 Å². The maximum absolute atomic E-state index is 6.45. The summed E-state index contributed by atoms with van der Waals surface area (Å²) in [4.78, 5) is -0.165. The van der Waals surface area contributed by atoms with Gasteiger partial charge in [-0.2, -0.15) is 0 Å². The van der Waals surface area contributed by atoms with Gasteiger partial charge < -0.3 is 5.73 Å². The molecule has 1 aliphatic carbocycles. The van der Waals surface area contributed by atoms with Gasteiger partial charge in [-0.1, -0.05) is 24.3 Å². The minimum atomic E-state index is -0.165. The molecule has 0 aliphatic heterocycles. The minimum Gasteiger partial charge on any atom is -0.399 e. The van der Waals surface area contributed by atoms with Gasteiger partial charge in [0.1, 0.15) is 0 Å². The molecule has 2 heteroatoms. The van der Waals surface area contributed by atoms with E-state index >= 15 is 0 Å². The summed E-state index contributed by atoms with van der Waals surface area (Å²) in [5.74, 6) is 0.778. The molecule has 1 aromatic rings. The fourth-order valence-electron chi connectivity index (χ4n) is 2.47. The number of nitrogens with two attached hydrogens (primary N) is 1. The molecule has 0 heterocycles. The summed E-state index contributed by atoms with van der Waals surface area (Å²) in [5.41, 5.74) is 8.87. The SMILES string of the molecule is C=C(C)C1C(c2ccc(N)cc2)C1(C)Cl. The molecular weight excluding hydrogens is 206 g/mol. The first kappa shape index (κ1) is 10.6. The Kier molecular flexibility index (Phi) is 2.31. The van der Waals surface area contributed by atoms with E-state index in [1.54, 1.807) is 0 Å². The Balaban J connectivity index is 2.27. The van der Waals surface area contributed by atoms with Gasteiger partial charge in [-0.3, -0.25) is 0 Å². The average Bonchev–Trinajstić information content (AvgIpc) is 2.70. The maximum Gasteiger partial charge on any atom is 0.0564 e. The summed E-state index contributed by atoms with van der Waals surface area (Å²) >= 11 is 6.45. The predicted octanol–water partition coefficient (Wildman–Crippen LogP) is 3.56. The number of allylic oxidation sites excluding steroid dienone is 1. The fraction of sp³-hybridized carbons (Fsp3) is 0.385. The number of hydrogen-bond donors (Lipinski definition) is 1. The van der Waals surface area contributed by atoms with E-state index in [2.05, 4.69) is 25.6 Å². The molecule has 0 saturated heterocycles. The Labute approximate surface area is 95.9 Å². The average molecular weight is 222 g/mol. The van der Waals surface area contributed by atoms with Gasteiger partial charge >= 0.3 is 0 Å². The van der Waals surface area contributed by atoms with Crippen molar-refractivity contribution in [3.63, 3.8) is 0 Å². The van der Waals surface area contributed by atoms with Crippen LogP contribution < -0.4 is 5.73 Å². The van der Waals surface area contributed by atoms with Crippen LogP contribution in [0.4, 0.5) is 5.69 Å². The summed E-state index contributed by atoms with van der Waals surface area (Å²) in [7, 11) is 0. The van der Waals surface area contributed by atoms with Crippen LogP contribution in [0.25, 0.3) is 0 Å². The molecular formula is C13H16ClN. The second kappa shape index (κ2) is 3.28. The number of rotatable bonds is 2. The van der Waals surface area contributed by atoms with E-state index in [1.165, 1.54) is 5.56 Å². The van der Waals surface area contributed by atoms with E-state index < -0.39 is 0 Å². The predicted molar refractivity (Wildman–Crippen MR) is 66.2 cm³/mol. The molecule has 0 bridgehead atoms. The summed E-state index contributed by atoms with van der Waals surface area (Å²) < 4.78 is 0. The van der Waals surface area contributed by atoms with Crippen LogP contribution in [0.15, 0.2) is 36.4 Å². The van der Waals surface area contributed by atoms with E-state index in [4.69, 9.17) is 17.3 Å². The summed E-state index contributed by atoms with van der Waals surface area (Å²) in [6, 6.07) is 7.97. The molecule has 3 unspecified atom stereocenters. The van der Waals surface area contributed by atoms with Crippen LogP contribution in [-0.4, -0.2) is 4.87 Å². The number of halogens is 1. The van der Waals surface area contributed by atoms with Gasteiger partial charge in [-0.25, -0.2) is 0 Å². The van der Waals surface area contributed by atoms with Crippen molar-refractivity contribution in [1.82, 2.24) is 0 Å². The smallest absolute Gasteiger partial charge is 0.0564 e. The lowest BCUT2D eigenvalue weighted by molar-refractivity contribution is 0.894. The van der Waals surface area contributed by atoms with Gasteiger partial charge in [0.2, 0.25) is 0 Å². The van der Waals surface area contributed by atoms with Crippen molar-refractivity contribution >= 4 is 17.3 Å². The van der Waals surface area contributed by atoms with Gasteiger partial charge in [-0.05, 0) is 31.5 Å². The van der Waals surface area contributed by atoms with Gasteiger partial charge in [0.25, 0.3) is 0 Å². The lowest BCUT2D eigenvalue weighted by atomic mass is 10.1. The Bertz CT molecular complexity index is 392. The first-order chi connectivity index (χ1) is 6.94. The molecule has 1 fully saturated rings. The molecule has 80 valence electrons. The Morgan fingerprint density at radius 3 is 2.33 bits per heavy atom. The highest BCUT2D eigenvalue weighted by Crippen LogP contribution is 2.64. The number of anilines is 1. The van der Waals surface area contributed by atoms with Gasteiger partial charge in [0.15, 0.2) is 0 Å². The molecule has 3 atom stereocenters. The van der Waals surface area contributed by atoms with Gasteiger partial charge in [0, 0.05) is 17.5 Å². The van der Waals surface area contributed by atoms with E-state index in [0.717, 1.165) is 11.3 Å². The topological polar surface area (TPSA) is 26.0 Å². The number of alkyl halides is 1. The fourth-order valence-corrected chi connectivity index (χ4v) is 2.97. The van der Waals surface area contributed by atoms with Crippen molar-refractivity contribution in [3.8, 4) is 0 Å². The van der Waals surface area contributed by atoms with Crippen LogP contribution >= 0.6 is 11.6 Å². The van der Waals surface area contributed by atoms with Crippen molar-refractivity contribution < 1.29 is 0 Å². The minimum absolute atomic E-state index is 0.165. The summed E-state index contributed by atoms with van der Waals surface area (Å²) in [6.45, 7) is 8.12. The molecule has 0 radical (unpaired) electrons. The summed E-state index contributed by atoms with van der Waals surface area (Å²) in [6.07, 6.45) is 0. The van der Waals surface area contributed by atoms with Crippen molar-refractivity contribution in [1.29, 1.82) is 0 Å². The standard InChI is InChI=1S/C13H16ClN/c1-8(2)11-12(13(11,3)14)9-4-6-10(15)7-5-9/h4-7,11-12H,1,15H2,2-3H3. The lowest BCUT2D eigenvalue weighted by Gasteiger charge is -2.01. The highest BCUT2D eigenvalue weighted by Gasteiger charge is 2.60. The Morgan fingerprint density at radius 2 is 1.93 bits per heavy atom. The van der Waals surface area contributed by atoms with Gasteiger partial charge in [0.05, 0.1) is 4.87 Å². The molecule has 1 nitrogen and oxygen atoms in total. The third-order valence-corrected chi connectivity index (χ3v) is 3.74. The van der Waals surface area contributed by atoms with E-state index in [-0.39, 0.29) is 4.87 Å². The quantitative estimate of drug-likeness (QED) is 0.461. The first-order valence-corrected chi connectivity index (χ1v) is 5.52. The van der Waals surface area contributed by atoms with Crippen molar-refractivity contribution in [2.75, 3.05) is 5.73 Å². The summed E-state index contributed by atoms with van der Waals surface area (Å²) in [5, 5.41) is 0. The molecule has 1 aromatic carbocycles. The molecule has 0 amide bonds. The van der Waals surface area contributed by atoms with Crippen LogP contribution in [0.3, 0.4) is 0 Å². The molecule has 15 heavy (non-hydrogen) atoms. The number of benzene rings is 1. The Morgan fingerprint density at radius 1 is 1.40 bits per heavy atom. The Hall–Kier alpha value is -0.950. The van der Waals surface area contributed by atoms with Crippen LogP contribution in [0, 0.1) is 5.92 Å². The number of nitrogen functional groups attached to an aromatic ring is 1. The number of hydrogen-bond acceptors (Lipinski definition) is 1. The zero-order chi connectivity index (χ0) is 11.2. The zero-order valence-electron chi connectivity index (χ0n) is 9.13. The zero-order valence-corrected chi connectivity index (χ0v) is 9.88. The molecule has 0 aromatic heterocycles. The first-order valence-electron chi connectivity index (χ1n) is 5.14. The van der Waals surface area contributed by atoms with Crippen LogP contribution in [-0.2, 0) is 0 Å². The monoisotopic (exact) mass is 221 g/mol. The molecule has 2 rings (SSSR count). The van der Waals surface area contributed by atoms with E-state index in [0.29, 0.717) is 11.8 Å². The van der Waals surface area contributed by atoms with Crippen LogP contribution in [0.5, 0.6) is 0 Å². The van der Waals surface area contributed by atoms with Crippen LogP contribution in [0.2, 0.25) is 0 Å². The van der Waals surface area contributed by atoms with Crippen molar-refractivity contribution in [3.05, 3.63) is 42.0 Å². The third kappa shape index (κ3) is 1.65. The molecule has 1 aliphatic rings. The lowest BCUT2D eigenvalue weighted by Crippen LogP contribution is -1.95. The second-order valence-electron chi connectivity index (χ2n) is 4.62. The molecule has 0 spiro atoms. The molecule has 1 saturated carbocycles. The largest absolute Gasteiger partial charge is 0.399 e. The van der Waals surface area contributed by atoms with Crippen molar-refractivity contribution in [2.45, 2.75) is 24.6 Å².